The predicted octanol–water partition coefficient (Wildman–Crippen LogP) is 3.90. The molecule has 0 aliphatic rings. The number of hydrogen-bond donors (Lipinski definition) is 2. The molecule has 0 radical (unpaired) electrons. The SMILES string of the molecule is CCOc1ccc(NC(=O)CCCNC(=O)c2c(C)nc3c(C)cccn23)cc1OCC. The summed E-state index contributed by atoms with van der Waals surface area (Å²) in [6, 6.07) is 9.17. The molecule has 0 saturated heterocycles. The number of benzene rings is 1. The fraction of sp³-hybridized carbons (Fsp3) is 0.375. The topological polar surface area (TPSA) is 94.0 Å². The van der Waals surface area contributed by atoms with Crippen LogP contribution in [0.25, 0.3) is 5.65 Å². The minimum Gasteiger partial charge on any atom is -0.490 e. The largest absolute Gasteiger partial charge is 0.490 e. The Bertz CT molecular complexity index is 1110. The Morgan fingerprint density at radius 1 is 1.06 bits per heavy atom. The van der Waals surface area contributed by atoms with Crippen molar-refractivity contribution in [1.29, 1.82) is 0 Å². The third kappa shape index (κ3) is 5.38. The molecule has 0 unspecified atom stereocenters. The quantitative estimate of drug-likeness (QED) is 0.468. The number of rotatable bonds is 10. The van der Waals surface area contributed by atoms with E-state index in [9.17, 15) is 9.59 Å². The number of imidazole rings is 1. The summed E-state index contributed by atoms with van der Waals surface area (Å²) in [6.45, 7) is 9.01. The van der Waals surface area contributed by atoms with Crippen LogP contribution in [0.3, 0.4) is 0 Å². The number of carbonyl (C=O) groups excluding carboxylic acids is 2. The lowest BCUT2D eigenvalue weighted by Crippen LogP contribution is -2.27. The van der Waals surface area contributed by atoms with Gasteiger partial charge in [-0.1, -0.05) is 6.07 Å². The standard InChI is InChI=1S/C24H30N4O4/c1-5-31-19-12-11-18(15-20(19)32-6-2)27-21(29)10-7-13-25-24(30)22-17(4)26-23-16(3)9-8-14-28(22)23/h8-9,11-12,14-15H,5-7,10,13H2,1-4H3,(H,25,30)(H,27,29). The average Bonchev–Trinajstić information content (AvgIpc) is 3.10. The third-order valence-electron chi connectivity index (χ3n) is 4.93. The Morgan fingerprint density at radius 2 is 1.81 bits per heavy atom. The van der Waals surface area contributed by atoms with E-state index in [1.807, 2.05) is 46.0 Å². The second kappa shape index (κ2) is 10.7. The van der Waals surface area contributed by atoms with Crippen LogP contribution < -0.4 is 20.1 Å². The summed E-state index contributed by atoms with van der Waals surface area (Å²) in [7, 11) is 0. The van der Waals surface area contributed by atoms with Crippen LogP contribution in [0, 0.1) is 13.8 Å². The number of ether oxygens (including phenoxy) is 2. The third-order valence-corrected chi connectivity index (χ3v) is 4.93. The lowest BCUT2D eigenvalue weighted by molar-refractivity contribution is -0.116. The zero-order valence-electron chi connectivity index (χ0n) is 19.0. The lowest BCUT2D eigenvalue weighted by atomic mass is 10.2. The van der Waals surface area contributed by atoms with Crippen molar-refractivity contribution >= 4 is 23.1 Å². The van der Waals surface area contributed by atoms with Gasteiger partial charge in [0.2, 0.25) is 5.91 Å². The molecule has 1 aromatic carbocycles. The number of aryl methyl sites for hydroxylation is 2. The van der Waals surface area contributed by atoms with Gasteiger partial charge in [0, 0.05) is 30.9 Å². The molecule has 0 atom stereocenters. The number of nitrogens with zero attached hydrogens (tertiary/aromatic N) is 2. The van der Waals surface area contributed by atoms with Crippen LogP contribution in [-0.4, -0.2) is 41.0 Å². The van der Waals surface area contributed by atoms with Gasteiger partial charge >= 0.3 is 0 Å². The molecule has 0 bridgehead atoms. The molecule has 8 heteroatoms. The molecule has 170 valence electrons. The molecule has 2 heterocycles. The van der Waals surface area contributed by atoms with Crippen LogP contribution in [0.1, 0.15) is 48.4 Å². The first-order valence-electron chi connectivity index (χ1n) is 10.9. The summed E-state index contributed by atoms with van der Waals surface area (Å²) in [4.78, 5) is 29.5. The molecule has 3 aromatic rings. The molecule has 0 saturated carbocycles. The Balaban J connectivity index is 1.51. The van der Waals surface area contributed by atoms with Crippen LogP contribution in [-0.2, 0) is 4.79 Å². The molecular weight excluding hydrogens is 408 g/mol. The highest BCUT2D eigenvalue weighted by molar-refractivity contribution is 5.95. The number of amides is 2. The molecule has 2 amide bonds. The average molecular weight is 439 g/mol. The molecular formula is C24H30N4O4. The van der Waals surface area contributed by atoms with Crippen LogP contribution in [0.2, 0.25) is 0 Å². The summed E-state index contributed by atoms with van der Waals surface area (Å²) in [5.41, 5.74) is 3.62. The van der Waals surface area contributed by atoms with Crippen molar-refractivity contribution in [1.82, 2.24) is 14.7 Å². The van der Waals surface area contributed by atoms with Gasteiger partial charge in [-0.15, -0.1) is 0 Å². The number of carbonyl (C=O) groups is 2. The van der Waals surface area contributed by atoms with E-state index in [1.165, 1.54) is 0 Å². The number of fused-ring (bicyclic) bond motifs is 1. The van der Waals surface area contributed by atoms with Crippen molar-refractivity contribution in [2.75, 3.05) is 25.1 Å². The molecule has 0 aliphatic carbocycles. The molecule has 2 aromatic heterocycles. The first kappa shape index (κ1) is 23.1. The summed E-state index contributed by atoms with van der Waals surface area (Å²) < 4.78 is 12.9. The van der Waals surface area contributed by atoms with Crippen molar-refractivity contribution in [2.24, 2.45) is 0 Å². The fourth-order valence-electron chi connectivity index (χ4n) is 3.48. The van der Waals surface area contributed by atoms with Gasteiger partial charge in [-0.05, 0) is 57.9 Å². The van der Waals surface area contributed by atoms with Gasteiger partial charge in [0.15, 0.2) is 11.5 Å². The Morgan fingerprint density at radius 3 is 2.56 bits per heavy atom. The smallest absolute Gasteiger partial charge is 0.270 e. The van der Waals surface area contributed by atoms with E-state index in [4.69, 9.17) is 9.47 Å². The van der Waals surface area contributed by atoms with E-state index in [0.29, 0.717) is 54.8 Å². The number of pyridine rings is 1. The lowest BCUT2D eigenvalue weighted by Gasteiger charge is -2.13. The normalized spacial score (nSPS) is 10.8. The van der Waals surface area contributed by atoms with Crippen molar-refractivity contribution in [3.63, 3.8) is 0 Å². The molecule has 2 N–H and O–H groups in total. The summed E-state index contributed by atoms with van der Waals surface area (Å²) in [5, 5.41) is 5.75. The number of aromatic nitrogens is 2. The van der Waals surface area contributed by atoms with E-state index in [1.54, 1.807) is 22.6 Å². The summed E-state index contributed by atoms with van der Waals surface area (Å²) in [5.74, 6) is 0.910. The van der Waals surface area contributed by atoms with Crippen molar-refractivity contribution in [2.45, 2.75) is 40.5 Å². The highest BCUT2D eigenvalue weighted by Gasteiger charge is 2.17. The zero-order chi connectivity index (χ0) is 23.1. The maximum absolute atomic E-state index is 12.7. The highest BCUT2D eigenvalue weighted by Crippen LogP contribution is 2.30. The summed E-state index contributed by atoms with van der Waals surface area (Å²) in [6.07, 6.45) is 2.63. The minimum absolute atomic E-state index is 0.132. The van der Waals surface area contributed by atoms with Crippen LogP contribution in [0.15, 0.2) is 36.5 Å². The fourth-order valence-corrected chi connectivity index (χ4v) is 3.48. The van der Waals surface area contributed by atoms with Gasteiger partial charge in [-0.2, -0.15) is 0 Å². The maximum atomic E-state index is 12.7. The van der Waals surface area contributed by atoms with E-state index < -0.39 is 0 Å². The Kier molecular flexibility index (Phi) is 7.70. The molecule has 0 aliphatic heterocycles. The minimum atomic E-state index is -0.200. The van der Waals surface area contributed by atoms with Gasteiger partial charge in [0.25, 0.3) is 5.91 Å². The molecule has 0 spiro atoms. The monoisotopic (exact) mass is 438 g/mol. The van der Waals surface area contributed by atoms with E-state index in [0.717, 1.165) is 11.2 Å². The maximum Gasteiger partial charge on any atom is 0.270 e. The number of anilines is 1. The van der Waals surface area contributed by atoms with Crippen molar-refractivity contribution in [3.05, 3.63) is 53.5 Å². The molecule has 32 heavy (non-hydrogen) atoms. The second-order valence-corrected chi connectivity index (χ2v) is 7.37. The molecule has 8 nitrogen and oxygen atoms in total. The number of nitrogens with one attached hydrogen (secondary N) is 2. The van der Waals surface area contributed by atoms with E-state index in [2.05, 4.69) is 15.6 Å². The predicted molar refractivity (Wildman–Crippen MR) is 124 cm³/mol. The Labute approximate surface area is 187 Å². The van der Waals surface area contributed by atoms with Gasteiger partial charge in [-0.25, -0.2) is 4.98 Å². The van der Waals surface area contributed by atoms with Crippen LogP contribution >= 0.6 is 0 Å². The summed E-state index contributed by atoms with van der Waals surface area (Å²) >= 11 is 0. The van der Waals surface area contributed by atoms with Gasteiger partial charge in [-0.3, -0.25) is 14.0 Å². The van der Waals surface area contributed by atoms with Gasteiger partial charge in [0.1, 0.15) is 11.3 Å². The Hall–Kier alpha value is -3.55. The van der Waals surface area contributed by atoms with E-state index in [-0.39, 0.29) is 18.2 Å². The second-order valence-electron chi connectivity index (χ2n) is 7.37. The van der Waals surface area contributed by atoms with Gasteiger partial charge < -0.3 is 20.1 Å². The van der Waals surface area contributed by atoms with E-state index >= 15 is 0 Å². The number of hydrogen-bond acceptors (Lipinski definition) is 5. The first-order valence-corrected chi connectivity index (χ1v) is 10.9. The van der Waals surface area contributed by atoms with Crippen LogP contribution in [0.5, 0.6) is 11.5 Å². The molecule has 3 rings (SSSR count). The first-order chi connectivity index (χ1) is 15.4. The van der Waals surface area contributed by atoms with Crippen molar-refractivity contribution in [3.8, 4) is 11.5 Å². The van der Waals surface area contributed by atoms with Crippen LogP contribution in [0.4, 0.5) is 5.69 Å². The van der Waals surface area contributed by atoms with Crippen molar-refractivity contribution < 1.29 is 19.1 Å². The highest BCUT2D eigenvalue weighted by atomic mass is 16.5. The molecule has 0 fully saturated rings. The van der Waals surface area contributed by atoms with Gasteiger partial charge in [0.05, 0.1) is 18.9 Å². The zero-order valence-corrected chi connectivity index (χ0v) is 19.0.